The van der Waals surface area contributed by atoms with Gasteiger partial charge in [-0.2, -0.15) is 0 Å². The first kappa shape index (κ1) is 21.0. The molecule has 0 aliphatic rings. The number of carbonyl (C=O) groups excluding carboxylic acids is 1. The van der Waals surface area contributed by atoms with Gasteiger partial charge in [0.25, 0.3) is 5.91 Å². The van der Waals surface area contributed by atoms with E-state index in [9.17, 15) is 18.0 Å². The van der Waals surface area contributed by atoms with Crippen molar-refractivity contribution in [3.63, 3.8) is 0 Å². The van der Waals surface area contributed by atoms with Crippen molar-refractivity contribution < 1.29 is 27.4 Å². The molecule has 10 heteroatoms. The van der Waals surface area contributed by atoms with Gasteiger partial charge in [-0.3, -0.25) is 4.79 Å². The summed E-state index contributed by atoms with van der Waals surface area (Å²) in [5, 5.41) is 7.73. The Morgan fingerprint density at radius 1 is 1.26 bits per heavy atom. The maximum Gasteiger partial charge on any atom is 0.573 e. The predicted molar refractivity (Wildman–Crippen MR) is 96.6 cm³/mol. The van der Waals surface area contributed by atoms with Gasteiger partial charge in [0.2, 0.25) is 0 Å². The lowest BCUT2D eigenvalue weighted by Crippen LogP contribution is -2.25. The summed E-state index contributed by atoms with van der Waals surface area (Å²) in [6, 6.07) is 5.24. The zero-order valence-electron chi connectivity index (χ0n) is 14.8. The van der Waals surface area contributed by atoms with Gasteiger partial charge in [0.05, 0.1) is 6.10 Å². The number of aromatic nitrogens is 1. The molecule has 0 radical (unpaired) electrons. The maximum atomic E-state index is 12.1. The molecule has 2 rings (SSSR count). The minimum absolute atomic E-state index is 0.155. The second-order valence-corrected chi connectivity index (χ2v) is 6.62. The Kier molecular flexibility index (Phi) is 7.43. The summed E-state index contributed by atoms with van der Waals surface area (Å²) >= 11 is 1.22. The van der Waals surface area contributed by atoms with Crippen LogP contribution < -0.4 is 15.4 Å². The quantitative estimate of drug-likeness (QED) is 0.610. The molecule has 0 atom stereocenters. The van der Waals surface area contributed by atoms with E-state index in [0.717, 1.165) is 0 Å². The number of carbonyl (C=O) groups is 1. The summed E-state index contributed by atoms with van der Waals surface area (Å²) in [5.41, 5.74) is 0.793. The van der Waals surface area contributed by atoms with E-state index < -0.39 is 6.36 Å². The first-order chi connectivity index (χ1) is 12.7. The van der Waals surface area contributed by atoms with Gasteiger partial charge in [-0.05, 0) is 44.5 Å². The van der Waals surface area contributed by atoms with Gasteiger partial charge in [-0.25, -0.2) is 4.98 Å². The fraction of sp³-hybridized carbons (Fsp3) is 0.412. The standard InChI is InChI=1S/C17H20F3N3O3S/c1-11(2)25-9-3-8-21-15(24)14-10-27-16(23-14)22-12-4-6-13(7-5-12)26-17(18,19)20/h4-7,10-11H,3,8-9H2,1-2H3,(H,21,24)(H,22,23). The van der Waals surface area contributed by atoms with E-state index in [1.807, 2.05) is 13.8 Å². The number of thiazole rings is 1. The Labute approximate surface area is 158 Å². The topological polar surface area (TPSA) is 72.5 Å². The molecule has 2 N–H and O–H groups in total. The number of anilines is 2. The van der Waals surface area contributed by atoms with Gasteiger partial charge in [-0.1, -0.05) is 0 Å². The second-order valence-electron chi connectivity index (χ2n) is 5.76. The van der Waals surface area contributed by atoms with Crippen molar-refractivity contribution in [2.24, 2.45) is 0 Å². The third-order valence-electron chi connectivity index (χ3n) is 3.13. The average Bonchev–Trinajstić information content (AvgIpc) is 3.03. The number of nitrogens with one attached hydrogen (secondary N) is 2. The molecule has 0 saturated heterocycles. The minimum Gasteiger partial charge on any atom is -0.406 e. The molecule has 2 aromatic rings. The number of hydrogen-bond acceptors (Lipinski definition) is 6. The van der Waals surface area contributed by atoms with Gasteiger partial charge in [0.1, 0.15) is 11.4 Å². The number of rotatable bonds is 9. The SMILES string of the molecule is CC(C)OCCCNC(=O)c1csc(Nc2ccc(OC(F)(F)F)cc2)n1. The lowest BCUT2D eigenvalue weighted by Gasteiger charge is -2.09. The Bertz CT molecular complexity index is 733. The van der Waals surface area contributed by atoms with Crippen LogP contribution in [0.25, 0.3) is 0 Å². The minimum atomic E-state index is -4.73. The van der Waals surface area contributed by atoms with Crippen LogP contribution >= 0.6 is 11.3 Å². The highest BCUT2D eigenvalue weighted by Gasteiger charge is 2.30. The normalized spacial score (nSPS) is 11.5. The Balaban J connectivity index is 1.82. The van der Waals surface area contributed by atoms with E-state index in [2.05, 4.69) is 20.4 Å². The highest BCUT2D eigenvalue weighted by atomic mass is 32.1. The molecule has 0 aliphatic carbocycles. The molecule has 0 spiro atoms. The summed E-state index contributed by atoms with van der Waals surface area (Å²) in [4.78, 5) is 16.2. The van der Waals surface area contributed by atoms with Crippen LogP contribution in [0.5, 0.6) is 5.75 Å². The van der Waals surface area contributed by atoms with Crippen molar-refractivity contribution >= 4 is 28.1 Å². The molecular weight excluding hydrogens is 383 g/mol. The maximum absolute atomic E-state index is 12.1. The van der Waals surface area contributed by atoms with Gasteiger partial charge in [0.15, 0.2) is 5.13 Å². The number of hydrogen-bond donors (Lipinski definition) is 2. The fourth-order valence-electron chi connectivity index (χ4n) is 1.98. The molecule has 1 aromatic heterocycles. The van der Waals surface area contributed by atoms with Crippen molar-refractivity contribution in [1.29, 1.82) is 0 Å². The molecule has 0 bridgehead atoms. The third kappa shape index (κ3) is 7.83. The lowest BCUT2D eigenvalue weighted by molar-refractivity contribution is -0.274. The number of alkyl halides is 3. The van der Waals surface area contributed by atoms with Crippen LogP contribution in [-0.2, 0) is 4.74 Å². The number of halogens is 3. The van der Waals surface area contributed by atoms with E-state index in [0.29, 0.717) is 30.4 Å². The Morgan fingerprint density at radius 3 is 2.59 bits per heavy atom. The monoisotopic (exact) mass is 403 g/mol. The van der Waals surface area contributed by atoms with Crippen LogP contribution in [-0.4, -0.2) is 36.5 Å². The molecule has 0 saturated carbocycles. The van der Waals surface area contributed by atoms with Crippen LogP contribution in [0.4, 0.5) is 24.0 Å². The van der Waals surface area contributed by atoms with Gasteiger partial charge >= 0.3 is 6.36 Å². The highest BCUT2D eigenvalue weighted by molar-refractivity contribution is 7.14. The number of ether oxygens (including phenoxy) is 2. The molecule has 1 amide bonds. The smallest absolute Gasteiger partial charge is 0.406 e. The predicted octanol–water partition coefficient (Wildman–Crippen LogP) is 4.33. The molecule has 0 aliphatic heterocycles. The Morgan fingerprint density at radius 2 is 1.96 bits per heavy atom. The van der Waals surface area contributed by atoms with Crippen molar-refractivity contribution in [2.75, 3.05) is 18.5 Å². The summed E-state index contributed by atoms with van der Waals surface area (Å²) in [6.07, 6.45) is -3.87. The van der Waals surface area contributed by atoms with Crippen LogP contribution in [0.3, 0.4) is 0 Å². The molecule has 0 fully saturated rings. The van der Waals surface area contributed by atoms with Crippen LogP contribution in [0.1, 0.15) is 30.8 Å². The molecule has 6 nitrogen and oxygen atoms in total. The van der Waals surface area contributed by atoms with Gasteiger partial charge in [0, 0.05) is 24.2 Å². The van der Waals surface area contributed by atoms with E-state index in [-0.39, 0.29) is 23.5 Å². The van der Waals surface area contributed by atoms with E-state index in [1.54, 1.807) is 5.38 Å². The summed E-state index contributed by atoms with van der Waals surface area (Å²) in [6.45, 7) is 4.93. The molecule has 148 valence electrons. The number of nitrogens with zero attached hydrogens (tertiary/aromatic N) is 1. The second kappa shape index (κ2) is 9.56. The molecule has 27 heavy (non-hydrogen) atoms. The first-order valence-electron chi connectivity index (χ1n) is 8.21. The largest absolute Gasteiger partial charge is 0.573 e. The zero-order chi connectivity index (χ0) is 19.9. The van der Waals surface area contributed by atoms with Crippen molar-refractivity contribution in [3.05, 3.63) is 35.3 Å². The van der Waals surface area contributed by atoms with Gasteiger partial charge in [-0.15, -0.1) is 24.5 Å². The third-order valence-corrected chi connectivity index (χ3v) is 3.89. The van der Waals surface area contributed by atoms with Crippen molar-refractivity contribution in [2.45, 2.75) is 32.7 Å². The van der Waals surface area contributed by atoms with Gasteiger partial charge < -0.3 is 20.1 Å². The number of amides is 1. The first-order valence-corrected chi connectivity index (χ1v) is 9.09. The van der Waals surface area contributed by atoms with Crippen LogP contribution in [0.2, 0.25) is 0 Å². The zero-order valence-corrected chi connectivity index (χ0v) is 15.6. The summed E-state index contributed by atoms with van der Waals surface area (Å²) in [7, 11) is 0. The molecule has 0 unspecified atom stereocenters. The molecule has 1 aromatic carbocycles. The van der Waals surface area contributed by atoms with Crippen LogP contribution in [0.15, 0.2) is 29.6 Å². The van der Waals surface area contributed by atoms with E-state index in [1.165, 1.54) is 35.6 Å². The number of benzene rings is 1. The highest BCUT2D eigenvalue weighted by Crippen LogP contribution is 2.26. The van der Waals surface area contributed by atoms with Crippen molar-refractivity contribution in [1.82, 2.24) is 10.3 Å². The van der Waals surface area contributed by atoms with E-state index in [4.69, 9.17) is 4.74 Å². The summed E-state index contributed by atoms with van der Waals surface area (Å²) < 4.78 is 45.6. The average molecular weight is 403 g/mol. The van der Waals surface area contributed by atoms with Crippen LogP contribution in [0, 0.1) is 0 Å². The summed E-state index contributed by atoms with van der Waals surface area (Å²) in [5.74, 6) is -0.605. The molecule has 1 heterocycles. The van der Waals surface area contributed by atoms with Crippen molar-refractivity contribution in [3.8, 4) is 5.75 Å². The lowest BCUT2D eigenvalue weighted by atomic mass is 10.3. The molecular formula is C17H20F3N3O3S. The Hall–Kier alpha value is -2.33. The fourth-order valence-corrected chi connectivity index (χ4v) is 2.69. The van der Waals surface area contributed by atoms with E-state index >= 15 is 0 Å².